The first kappa shape index (κ1) is 11.8. The van der Waals surface area contributed by atoms with Crippen LogP contribution in [-0.2, 0) is 9.53 Å². The van der Waals surface area contributed by atoms with E-state index >= 15 is 0 Å². The largest absolute Gasteiger partial charge is 0.463 e. The van der Waals surface area contributed by atoms with Gasteiger partial charge < -0.3 is 4.74 Å². The zero-order chi connectivity index (χ0) is 11.1. The summed E-state index contributed by atoms with van der Waals surface area (Å²) >= 11 is 1.47. The Morgan fingerprint density at radius 1 is 1.60 bits per heavy atom. The number of carbonyl (C=O) groups excluding carboxylic acids is 1. The van der Waals surface area contributed by atoms with Gasteiger partial charge in [-0.25, -0.2) is 9.78 Å². The number of hydrogen-bond acceptors (Lipinski definition) is 4. The third-order valence-corrected chi connectivity index (χ3v) is 2.63. The van der Waals surface area contributed by atoms with Gasteiger partial charge in [-0.05, 0) is 19.1 Å². The molecule has 80 valence electrons. The maximum Gasteiger partial charge on any atom is 0.334 e. The molecule has 1 aromatic rings. The van der Waals surface area contributed by atoms with Crippen molar-refractivity contribution in [2.75, 3.05) is 12.4 Å². The average molecular weight is 223 g/mol. The second-order valence-electron chi connectivity index (χ2n) is 2.78. The van der Waals surface area contributed by atoms with Crippen molar-refractivity contribution in [3.63, 3.8) is 0 Å². The highest BCUT2D eigenvalue weighted by molar-refractivity contribution is 7.99. The van der Waals surface area contributed by atoms with E-state index < -0.39 is 0 Å². The first-order valence-corrected chi connectivity index (χ1v) is 5.61. The molecule has 0 saturated carbocycles. The molecule has 1 rings (SSSR count). The molecule has 0 aromatic carbocycles. The van der Waals surface area contributed by atoms with Crippen molar-refractivity contribution in [1.82, 2.24) is 4.98 Å². The van der Waals surface area contributed by atoms with Crippen molar-refractivity contribution in [2.24, 2.45) is 0 Å². The topological polar surface area (TPSA) is 39.2 Å². The van der Waals surface area contributed by atoms with Gasteiger partial charge in [0.2, 0.25) is 0 Å². The maximum absolute atomic E-state index is 11.2. The third-order valence-electron chi connectivity index (χ3n) is 1.60. The number of nitrogens with zero attached hydrogens (tertiary/aromatic N) is 1. The van der Waals surface area contributed by atoms with Crippen LogP contribution in [0.25, 0.3) is 0 Å². The summed E-state index contributed by atoms with van der Waals surface area (Å²) in [5, 5.41) is 0.878. The average Bonchev–Trinajstić information content (AvgIpc) is 2.27. The minimum atomic E-state index is -0.332. The number of thioether (sulfide) groups is 1. The molecule has 0 spiro atoms. The molecule has 15 heavy (non-hydrogen) atoms. The van der Waals surface area contributed by atoms with Crippen molar-refractivity contribution in [3.8, 4) is 0 Å². The molecule has 1 heterocycles. The highest BCUT2D eigenvalue weighted by Gasteiger charge is 2.07. The fraction of sp³-hybridized carbons (Fsp3) is 0.273. The summed E-state index contributed by atoms with van der Waals surface area (Å²) in [5.41, 5.74) is 0.465. The molecular weight excluding hydrogens is 210 g/mol. The van der Waals surface area contributed by atoms with E-state index in [1.54, 1.807) is 13.1 Å². The number of aromatic nitrogens is 1. The lowest BCUT2D eigenvalue weighted by Gasteiger charge is -2.04. The quantitative estimate of drug-likeness (QED) is 0.436. The second kappa shape index (κ2) is 6.24. The first-order valence-electron chi connectivity index (χ1n) is 4.62. The van der Waals surface area contributed by atoms with Gasteiger partial charge in [0.05, 0.1) is 11.6 Å². The van der Waals surface area contributed by atoms with Gasteiger partial charge in [-0.3, -0.25) is 0 Å². The molecule has 0 amide bonds. The van der Waals surface area contributed by atoms with Crippen LogP contribution in [0, 0.1) is 0 Å². The van der Waals surface area contributed by atoms with Crippen molar-refractivity contribution in [2.45, 2.75) is 11.9 Å². The second-order valence-corrected chi connectivity index (χ2v) is 3.78. The van der Waals surface area contributed by atoms with Crippen LogP contribution in [0.3, 0.4) is 0 Å². The van der Waals surface area contributed by atoms with Crippen LogP contribution in [0.5, 0.6) is 0 Å². The maximum atomic E-state index is 11.2. The summed E-state index contributed by atoms with van der Waals surface area (Å²) in [4.78, 5) is 15.3. The number of hydrogen-bond donors (Lipinski definition) is 0. The first-order chi connectivity index (χ1) is 7.24. The molecule has 0 aliphatic heterocycles. The Hall–Kier alpha value is -1.29. The van der Waals surface area contributed by atoms with Crippen molar-refractivity contribution in [1.29, 1.82) is 0 Å². The zero-order valence-electron chi connectivity index (χ0n) is 8.60. The van der Waals surface area contributed by atoms with Crippen LogP contribution in [0.4, 0.5) is 0 Å². The summed E-state index contributed by atoms with van der Waals surface area (Å²) in [6.45, 7) is 5.82. The predicted octanol–water partition coefficient (Wildman–Crippen LogP) is 2.29. The molecule has 0 saturated heterocycles. The van der Waals surface area contributed by atoms with Crippen molar-refractivity contribution < 1.29 is 9.53 Å². The Bertz CT molecular complexity index is 338. The summed E-state index contributed by atoms with van der Waals surface area (Å²) in [5.74, 6) is 0.177. The van der Waals surface area contributed by atoms with E-state index in [1.165, 1.54) is 11.8 Å². The molecule has 0 unspecified atom stereocenters. The van der Waals surface area contributed by atoms with Crippen LogP contribution in [-0.4, -0.2) is 23.3 Å². The van der Waals surface area contributed by atoms with Gasteiger partial charge in [-0.2, -0.15) is 0 Å². The molecular formula is C11H13NO2S. The Balaban J connectivity index is 2.38. The number of esters is 1. The summed E-state index contributed by atoms with van der Waals surface area (Å²) in [6.07, 6.45) is 1.72. The van der Waals surface area contributed by atoms with Crippen LogP contribution in [0.2, 0.25) is 0 Å². The van der Waals surface area contributed by atoms with Gasteiger partial charge in [0.1, 0.15) is 0 Å². The molecule has 0 aliphatic carbocycles. The lowest BCUT2D eigenvalue weighted by Crippen LogP contribution is -2.08. The lowest BCUT2D eigenvalue weighted by atomic mass is 10.4. The molecule has 3 nitrogen and oxygen atoms in total. The Labute approximate surface area is 93.5 Å². The molecule has 4 heteroatoms. The lowest BCUT2D eigenvalue weighted by molar-refractivity contribution is -0.138. The van der Waals surface area contributed by atoms with Gasteiger partial charge in [0.15, 0.2) is 0 Å². The van der Waals surface area contributed by atoms with Crippen molar-refractivity contribution >= 4 is 17.7 Å². The van der Waals surface area contributed by atoms with E-state index in [-0.39, 0.29) is 5.97 Å². The molecule has 0 radical (unpaired) electrons. The molecule has 0 N–H and O–H groups in total. The van der Waals surface area contributed by atoms with Crippen LogP contribution in [0.1, 0.15) is 6.92 Å². The fourth-order valence-electron chi connectivity index (χ4n) is 0.886. The van der Waals surface area contributed by atoms with Crippen LogP contribution in [0.15, 0.2) is 41.6 Å². The Kier molecular flexibility index (Phi) is 4.90. The third kappa shape index (κ3) is 4.16. The SMILES string of the molecule is C=C(CSc1ccccn1)C(=O)OCC. The smallest absolute Gasteiger partial charge is 0.334 e. The molecule has 0 bridgehead atoms. The number of rotatable bonds is 5. The zero-order valence-corrected chi connectivity index (χ0v) is 9.42. The molecule has 1 aromatic heterocycles. The molecule has 0 aliphatic rings. The highest BCUT2D eigenvalue weighted by atomic mass is 32.2. The Morgan fingerprint density at radius 3 is 3.00 bits per heavy atom. The van der Waals surface area contributed by atoms with Crippen LogP contribution >= 0.6 is 11.8 Å². The predicted molar refractivity (Wildman–Crippen MR) is 60.7 cm³/mol. The van der Waals surface area contributed by atoms with Crippen LogP contribution < -0.4 is 0 Å². The number of carbonyl (C=O) groups is 1. The standard InChI is InChI=1S/C11H13NO2S/c1-3-14-11(13)9(2)8-15-10-6-4-5-7-12-10/h4-7H,2-3,8H2,1H3. The normalized spacial score (nSPS) is 9.67. The minimum Gasteiger partial charge on any atom is -0.463 e. The monoisotopic (exact) mass is 223 g/mol. The van der Waals surface area contributed by atoms with Crippen molar-refractivity contribution in [3.05, 3.63) is 36.5 Å². The van der Waals surface area contributed by atoms with E-state index in [2.05, 4.69) is 11.6 Å². The Morgan fingerprint density at radius 2 is 2.40 bits per heavy atom. The number of pyridine rings is 1. The summed E-state index contributed by atoms with van der Waals surface area (Å²) in [6, 6.07) is 5.65. The van der Waals surface area contributed by atoms with E-state index in [0.29, 0.717) is 17.9 Å². The molecule has 0 fully saturated rings. The van der Waals surface area contributed by atoms with E-state index in [1.807, 2.05) is 18.2 Å². The van der Waals surface area contributed by atoms with Gasteiger partial charge in [0, 0.05) is 17.5 Å². The van der Waals surface area contributed by atoms with E-state index in [4.69, 9.17) is 4.74 Å². The summed E-state index contributed by atoms with van der Waals surface area (Å²) < 4.78 is 4.82. The van der Waals surface area contributed by atoms with Gasteiger partial charge in [0.25, 0.3) is 0 Å². The fourth-order valence-corrected chi connectivity index (χ4v) is 1.64. The van der Waals surface area contributed by atoms with E-state index in [9.17, 15) is 4.79 Å². The molecule has 0 atom stereocenters. The van der Waals surface area contributed by atoms with Gasteiger partial charge in [-0.1, -0.05) is 12.6 Å². The van der Waals surface area contributed by atoms with Gasteiger partial charge >= 0.3 is 5.97 Å². The number of ether oxygens (including phenoxy) is 1. The van der Waals surface area contributed by atoms with E-state index in [0.717, 1.165) is 5.03 Å². The van der Waals surface area contributed by atoms with Gasteiger partial charge in [-0.15, -0.1) is 11.8 Å². The summed E-state index contributed by atoms with van der Waals surface area (Å²) in [7, 11) is 0. The highest BCUT2D eigenvalue weighted by Crippen LogP contribution is 2.17. The minimum absolute atomic E-state index is 0.332.